The van der Waals surface area contributed by atoms with Gasteiger partial charge in [0.2, 0.25) is 0 Å². The summed E-state index contributed by atoms with van der Waals surface area (Å²) in [6.45, 7) is 1.33. The summed E-state index contributed by atoms with van der Waals surface area (Å²) in [7, 11) is 1.61. The zero-order chi connectivity index (χ0) is 13.7. The third-order valence-corrected chi connectivity index (χ3v) is 3.78. The molecule has 19 heavy (non-hydrogen) atoms. The number of hydrogen-bond acceptors (Lipinski definition) is 3. The van der Waals surface area contributed by atoms with Crippen molar-refractivity contribution < 1.29 is 19.4 Å². The Kier molecular flexibility index (Phi) is 4.80. The first-order valence-corrected chi connectivity index (χ1v) is 6.65. The number of hydrogen-bond donors (Lipinski definition) is 1. The van der Waals surface area contributed by atoms with Crippen LogP contribution in [0.2, 0.25) is 0 Å². The summed E-state index contributed by atoms with van der Waals surface area (Å²) >= 11 is 0. The number of rotatable bonds is 5. The molecule has 1 N–H and O–H groups in total. The molecule has 0 bridgehead atoms. The quantitative estimate of drug-likeness (QED) is 0.887. The minimum atomic E-state index is -0.724. The smallest absolute Gasteiger partial charge is 0.307 e. The van der Waals surface area contributed by atoms with E-state index in [1.54, 1.807) is 7.11 Å². The number of aliphatic carboxylic acids is 1. The summed E-state index contributed by atoms with van der Waals surface area (Å²) in [6.07, 6.45) is 2.17. The van der Waals surface area contributed by atoms with Crippen LogP contribution in [-0.2, 0) is 16.0 Å². The Labute approximate surface area is 113 Å². The fourth-order valence-electron chi connectivity index (χ4n) is 2.68. The summed E-state index contributed by atoms with van der Waals surface area (Å²) in [6, 6.07) is 7.62. The molecule has 0 saturated carbocycles. The lowest BCUT2D eigenvalue weighted by Gasteiger charge is -2.28. The van der Waals surface area contributed by atoms with E-state index >= 15 is 0 Å². The molecular formula is C15H20O4. The fourth-order valence-corrected chi connectivity index (χ4v) is 2.68. The molecule has 4 nitrogen and oxygen atoms in total. The first-order valence-electron chi connectivity index (χ1n) is 6.65. The van der Waals surface area contributed by atoms with E-state index in [9.17, 15) is 9.90 Å². The standard InChI is InChI=1S/C15H20O4/c1-18-14-5-3-2-4-12(14)10-13(15(16)17)11-6-8-19-9-7-11/h2-5,11,13H,6-10H2,1H3,(H,16,17). The maximum Gasteiger partial charge on any atom is 0.307 e. The Morgan fingerprint density at radius 1 is 1.42 bits per heavy atom. The Hall–Kier alpha value is -1.55. The van der Waals surface area contributed by atoms with E-state index in [0.29, 0.717) is 19.6 Å². The first kappa shape index (κ1) is 13.9. The molecule has 1 atom stereocenters. The molecule has 0 amide bonds. The fraction of sp³-hybridized carbons (Fsp3) is 0.533. The minimum absolute atomic E-state index is 0.191. The summed E-state index contributed by atoms with van der Waals surface area (Å²) in [5.41, 5.74) is 0.962. The van der Waals surface area contributed by atoms with Crippen molar-refractivity contribution in [3.63, 3.8) is 0 Å². The number of carboxylic acids is 1. The predicted octanol–water partition coefficient (Wildman–Crippen LogP) is 2.37. The number of methoxy groups -OCH3 is 1. The Morgan fingerprint density at radius 2 is 2.11 bits per heavy atom. The van der Waals surface area contributed by atoms with E-state index in [1.807, 2.05) is 24.3 Å². The van der Waals surface area contributed by atoms with Gasteiger partial charge in [0, 0.05) is 13.2 Å². The van der Waals surface area contributed by atoms with Gasteiger partial charge in [-0.15, -0.1) is 0 Å². The lowest BCUT2D eigenvalue weighted by molar-refractivity contribution is -0.145. The number of para-hydroxylation sites is 1. The average Bonchev–Trinajstić information content (AvgIpc) is 2.45. The Bertz CT molecular complexity index is 424. The van der Waals surface area contributed by atoms with E-state index in [4.69, 9.17) is 9.47 Å². The van der Waals surface area contributed by atoms with Crippen LogP contribution in [0.1, 0.15) is 18.4 Å². The second-order valence-corrected chi connectivity index (χ2v) is 4.91. The van der Waals surface area contributed by atoms with Crippen molar-refractivity contribution in [1.29, 1.82) is 0 Å². The topological polar surface area (TPSA) is 55.8 Å². The van der Waals surface area contributed by atoms with Gasteiger partial charge in [0.05, 0.1) is 13.0 Å². The molecule has 0 aromatic heterocycles. The van der Waals surface area contributed by atoms with Gasteiger partial charge in [0.25, 0.3) is 0 Å². The molecular weight excluding hydrogens is 244 g/mol. The monoisotopic (exact) mass is 264 g/mol. The lowest BCUT2D eigenvalue weighted by Crippen LogP contribution is -2.30. The molecule has 1 aliphatic rings. The summed E-state index contributed by atoms with van der Waals surface area (Å²) in [5, 5.41) is 9.47. The largest absolute Gasteiger partial charge is 0.496 e. The number of carboxylic acid groups (broad SMARTS) is 1. The highest BCUT2D eigenvalue weighted by atomic mass is 16.5. The van der Waals surface area contributed by atoms with Gasteiger partial charge in [-0.05, 0) is 36.8 Å². The Balaban J connectivity index is 2.13. The van der Waals surface area contributed by atoms with E-state index in [0.717, 1.165) is 24.2 Å². The maximum absolute atomic E-state index is 11.5. The van der Waals surface area contributed by atoms with E-state index in [2.05, 4.69) is 0 Å². The van der Waals surface area contributed by atoms with E-state index < -0.39 is 5.97 Å². The molecule has 4 heteroatoms. The molecule has 104 valence electrons. The number of benzene rings is 1. The molecule has 0 radical (unpaired) electrons. The zero-order valence-electron chi connectivity index (χ0n) is 11.2. The van der Waals surface area contributed by atoms with Crippen LogP contribution in [0.5, 0.6) is 5.75 Å². The third kappa shape index (κ3) is 3.47. The van der Waals surface area contributed by atoms with Crippen molar-refractivity contribution >= 4 is 5.97 Å². The van der Waals surface area contributed by atoms with Crippen molar-refractivity contribution in [2.45, 2.75) is 19.3 Å². The van der Waals surface area contributed by atoms with Crippen LogP contribution >= 0.6 is 0 Å². The van der Waals surface area contributed by atoms with Crippen LogP contribution in [0.15, 0.2) is 24.3 Å². The SMILES string of the molecule is COc1ccccc1CC(C(=O)O)C1CCOCC1. The van der Waals surface area contributed by atoms with Crippen molar-refractivity contribution in [2.75, 3.05) is 20.3 Å². The molecule has 1 unspecified atom stereocenters. The van der Waals surface area contributed by atoms with Crippen LogP contribution in [-0.4, -0.2) is 31.4 Å². The first-order chi connectivity index (χ1) is 9.22. The summed E-state index contributed by atoms with van der Waals surface area (Å²) in [5.74, 6) is -0.130. The van der Waals surface area contributed by atoms with Gasteiger partial charge < -0.3 is 14.6 Å². The van der Waals surface area contributed by atoms with Crippen LogP contribution < -0.4 is 4.74 Å². The minimum Gasteiger partial charge on any atom is -0.496 e. The molecule has 0 spiro atoms. The van der Waals surface area contributed by atoms with Gasteiger partial charge in [-0.1, -0.05) is 18.2 Å². The third-order valence-electron chi connectivity index (χ3n) is 3.78. The molecule has 1 heterocycles. The van der Waals surface area contributed by atoms with E-state index in [-0.39, 0.29) is 11.8 Å². The average molecular weight is 264 g/mol. The van der Waals surface area contributed by atoms with Gasteiger partial charge in [-0.3, -0.25) is 4.79 Å². The van der Waals surface area contributed by atoms with Crippen molar-refractivity contribution in [2.24, 2.45) is 11.8 Å². The number of carbonyl (C=O) groups is 1. The molecule has 1 saturated heterocycles. The Morgan fingerprint density at radius 3 is 2.74 bits per heavy atom. The maximum atomic E-state index is 11.5. The number of ether oxygens (including phenoxy) is 2. The molecule has 2 rings (SSSR count). The van der Waals surface area contributed by atoms with E-state index in [1.165, 1.54) is 0 Å². The molecule has 1 fully saturated rings. The summed E-state index contributed by atoms with van der Waals surface area (Å²) in [4.78, 5) is 11.5. The molecule has 1 aromatic carbocycles. The van der Waals surface area contributed by atoms with Crippen LogP contribution in [0.3, 0.4) is 0 Å². The zero-order valence-corrected chi connectivity index (χ0v) is 11.2. The van der Waals surface area contributed by atoms with Gasteiger partial charge in [0.1, 0.15) is 5.75 Å². The van der Waals surface area contributed by atoms with Crippen molar-refractivity contribution in [3.05, 3.63) is 29.8 Å². The highest BCUT2D eigenvalue weighted by Gasteiger charge is 2.30. The van der Waals surface area contributed by atoms with Gasteiger partial charge in [-0.25, -0.2) is 0 Å². The van der Waals surface area contributed by atoms with Gasteiger partial charge >= 0.3 is 5.97 Å². The second kappa shape index (κ2) is 6.57. The normalized spacial score (nSPS) is 17.9. The van der Waals surface area contributed by atoms with Crippen molar-refractivity contribution in [1.82, 2.24) is 0 Å². The predicted molar refractivity (Wildman–Crippen MR) is 71.4 cm³/mol. The molecule has 0 aliphatic carbocycles. The van der Waals surface area contributed by atoms with Gasteiger partial charge in [-0.2, -0.15) is 0 Å². The molecule has 1 aliphatic heterocycles. The summed E-state index contributed by atoms with van der Waals surface area (Å²) < 4.78 is 10.6. The second-order valence-electron chi connectivity index (χ2n) is 4.91. The highest BCUT2D eigenvalue weighted by molar-refractivity contribution is 5.71. The highest BCUT2D eigenvalue weighted by Crippen LogP contribution is 2.30. The molecule has 1 aromatic rings. The van der Waals surface area contributed by atoms with Crippen LogP contribution in [0, 0.1) is 11.8 Å². The van der Waals surface area contributed by atoms with Crippen LogP contribution in [0.25, 0.3) is 0 Å². The van der Waals surface area contributed by atoms with Gasteiger partial charge in [0.15, 0.2) is 0 Å². The lowest BCUT2D eigenvalue weighted by atomic mass is 9.82. The van der Waals surface area contributed by atoms with Crippen LogP contribution in [0.4, 0.5) is 0 Å². The van der Waals surface area contributed by atoms with Crippen molar-refractivity contribution in [3.8, 4) is 5.75 Å².